The average molecular weight is 501 g/mol. The van der Waals surface area contributed by atoms with Gasteiger partial charge in [0.15, 0.2) is 0 Å². The quantitative estimate of drug-likeness (QED) is 0.549. The Morgan fingerprint density at radius 3 is 2.50 bits per heavy atom. The summed E-state index contributed by atoms with van der Waals surface area (Å²) in [6.45, 7) is 1.04. The summed E-state index contributed by atoms with van der Waals surface area (Å²) in [5, 5.41) is 10.8. The van der Waals surface area contributed by atoms with E-state index in [9.17, 15) is 17.6 Å². The van der Waals surface area contributed by atoms with E-state index >= 15 is 0 Å². The summed E-state index contributed by atoms with van der Waals surface area (Å²) in [5.74, 6) is -0.256. The number of halogens is 5. The number of alkyl halides is 3. The lowest BCUT2D eigenvalue weighted by molar-refractivity contribution is -0.137. The summed E-state index contributed by atoms with van der Waals surface area (Å²) in [4.78, 5) is 1.94. The van der Waals surface area contributed by atoms with Gasteiger partial charge < -0.3 is 15.0 Å². The molecule has 1 aliphatic carbocycles. The molecule has 3 aliphatic rings. The molecular formula is C24H27ClF4N4O. The lowest BCUT2D eigenvalue weighted by atomic mass is 10.00. The van der Waals surface area contributed by atoms with Crippen LogP contribution in [0.15, 0.2) is 24.3 Å². The topological polar surface area (TPSA) is 50.3 Å². The first kappa shape index (κ1) is 21.3. The normalized spacial score (nSPS) is 27.4. The predicted octanol–water partition coefficient (Wildman–Crippen LogP) is 5.50. The zero-order valence-corrected chi connectivity index (χ0v) is 19.2. The Bertz CT molecular complexity index is 1100. The number of nitrogens with one attached hydrogen (secondary N) is 1. The second kappa shape index (κ2) is 9.59. The molecule has 1 saturated carbocycles. The van der Waals surface area contributed by atoms with Gasteiger partial charge in [0, 0.05) is 47.1 Å². The molecule has 10 heteroatoms. The number of hydrogen-bond acceptors (Lipinski definition) is 5. The van der Waals surface area contributed by atoms with Gasteiger partial charge in [0.2, 0.25) is 0 Å². The molecule has 1 N–H and O–H groups in total. The van der Waals surface area contributed by atoms with Gasteiger partial charge in [-0.1, -0.05) is 11.6 Å². The van der Waals surface area contributed by atoms with Crippen molar-refractivity contribution >= 4 is 17.4 Å². The third-order valence-corrected chi connectivity index (χ3v) is 7.30. The van der Waals surface area contributed by atoms with Crippen LogP contribution in [0, 0.1) is 23.6 Å². The minimum Gasteiger partial charge on any atom is -0.381 e. The number of nitrogens with zero attached hydrogens (tertiary/aromatic N) is 3. The number of aromatic nitrogens is 2. The Balaban J connectivity index is 1.28. The fourth-order valence-electron chi connectivity index (χ4n) is 5.37. The smallest absolute Gasteiger partial charge is 0.381 e. The molecule has 1 aromatic carbocycles. The summed E-state index contributed by atoms with van der Waals surface area (Å²) >= 11 is 6.02. The van der Waals surface area contributed by atoms with E-state index in [4.69, 9.17) is 19.1 Å². The first-order valence-corrected chi connectivity index (χ1v) is 11.9. The largest absolute Gasteiger partial charge is 0.418 e. The highest BCUT2D eigenvalue weighted by molar-refractivity contribution is 6.33. The maximum absolute atomic E-state index is 13.9. The molecule has 2 aliphatic heterocycles. The van der Waals surface area contributed by atoms with Crippen LogP contribution >= 0.6 is 11.6 Å². The number of hydrogen-bond donors (Lipinski definition) is 1. The lowest BCUT2D eigenvalue weighted by Gasteiger charge is -2.27. The third-order valence-electron chi connectivity index (χ3n) is 6.97. The predicted molar refractivity (Wildman–Crippen MR) is 121 cm³/mol. The van der Waals surface area contributed by atoms with Gasteiger partial charge in [-0.3, -0.25) is 0 Å². The van der Waals surface area contributed by atoms with Crippen molar-refractivity contribution in [2.75, 3.05) is 38.1 Å². The van der Waals surface area contributed by atoms with Crippen LogP contribution in [-0.4, -0.2) is 53.9 Å². The summed E-state index contributed by atoms with van der Waals surface area (Å²) in [6, 6.07) is 3.97. The molecule has 34 heavy (non-hydrogen) atoms. The standard InChI is InChI=1S/C24H27ClF4N4O/c25-21-2-1-17(26)9-19(21)23-20(24(27,28)29)10-22(31-32-23)30-18-7-15-12-33(13-16(15)8-18)11-14-3-5-34-6-4-14/h1-2,9-10,14-16,18H,3-8,11-13H2,(H,30,31)/i11D2. The molecule has 184 valence electrons. The van der Waals surface area contributed by atoms with Gasteiger partial charge in [0.1, 0.15) is 17.3 Å². The van der Waals surface area contributed by atoms with E-state index in [2.05, 4.69) is 15.5 Å². The van der Waals surface area contributed by atoms with Gasteiger partial charge in [-0.05, 0) is 67.7 Å². The van der Waals surface area contributed by atoms with Crippen LogP contribution in [-0.2, 0) is 10.9 Å². The molecule has 3 fully saturated rings. The fourth-order valence-corrected chi connectivity index (χ4v) is 5.58. The van der Waals surface area contributed by atoms with E-state index in [0.29, 0.717) is 52.0 Å². The minimum absolute atomic E-state index is 0.00188. The van der Waals surface area contributed by atoms with Crippen molar-refractivity contribution in [3.63, 3.8) is 0 Å². The molecule has 0 bridgehead atoms. The maximum atomic E-state index is 13.9. The summed E-state index contributed by atoms with van der Waals surface area (Å²) in [5.41, 5.74) is -1.73. The van der Waals surface area contributed by atoms with E-state index in [1.54, 1.807) is 0 Å². The molecule has 2 aromatic rings. The van der Waals surface area contributed by atoms with Crippen molar-refractivity contribution < 1.29 is 25.0 Å². The molecule has 0 radical (unpaired) electrons. The Morgan fingerprint density at radius 1 is 1.12 bits per heavy atom. The van der Waals surface area contributed by atoms with E-state index in [1.807, 2.05) is 4.90 Å². The monoisotopic (exact) mass is 500 g/mol. The van der Waals surface area contributed by atoms with Gasteiger partial charge in [0.05, 0.1) is 10.6 Å². The van der Waals surface area contributed by atoms with Crippen LogP contribution in [0.5, 0.6) is 0 Å². The minimum atomic E-state index is -4.74. The van der Waals surface area contributed by atoms with Crippen LogP contribution < -0.4 is 5.32 Å². The van der Waals surface area contributed by atoms with Crippen molar-refractivity contribution in [2.24, 2.45) is 17.8 Å². The van der Waals surface area contributed by atoms with Crippen LogP contribution in [0.2, 0.25) is 5.02 Å². The molecule has 2 unspecified atom stereocenters. The highest BCUT2D eigenvalue weighted by Crippen LogP contribution is 2.42. The average Bonchev–Trinajstić information content (AvgIpc) is 3.40. The van der Waals surface area contributed by atoms with Crippen molar-refractivity contribution in [1.29, 1.82) is 0 Å². The first-order valence-electron chi connectivity index (χ1n) is 12.5. The molecule has 5 rings (SSSR count). The summed E-state index contributed by atoms with van der Waals surface area (Å²) in [6.07, 6.45) is -1.89. The van der Waals surface area contributed by atoms with Gasteiger partial charge in [-0.2, -0.15) is 13.2 Å². The number of rotatable bonds is 5. The Kier molecular flexibility index (Phi) is 6.01. The second-order valence-corrected chi connectivity index (χ2v) is 9.77. The highest BCUT2D eigenvalue weighted by Gasteiger charge is 2.42. The Labute approximate surface area is 203 Å². The van der Waals surface area contributed by atoms with Crippen LogP contribution in [0.3, 0.4) is 0 Å². The highest BCUT2D eigenvalue weighted by atomic mass is 35.5. The van der Waals surface area contributed by atoms with Gasteiger partial charge in [-0.25, -0.2) is 4.39 Å². The maximum Gasteiger partial charge on any atom is 0.418 e. The van der Waals surface area contributed by atoms with Crippen LogP contribution in [0.1, 0.15) is 34.0 Å². The van der Waals surface area contributed by atoms with E-state index < -0.39 is 29.7 Å². The molecule has 2 saturated heterocycles. The Hall–Kier alpha value is -1.97. The van der Waals surface area contributed by atoms with Crippen LogP contribution in [0.4, 0.5) is 23.4 Å². The van der Waals surface area contributed by atoms with Crippen molar-refractivity contribution in [2.45, 2.75) is 37.9 Å². The molecule has 2 atom stereocenters. The van der Waals surface area contributed by atoms with Gasteiger partial charge in [-0.15, -0.1) is 10.2 Å². The van der Waals surface area contributed by atoms with E-state index in [-0.39, 0.29) is 40.2 Å². The number of ether oxygens (including phenoxy) is 1. The number of fused-ring (bicyclic) bond motifs is 1. The number of benzene rings is 1. The van der Waals surface area contributed by atoms with Gasteiger partial charge in [0.25, 0.3) is 0 Å². The Morgan fingerprint density at radius 2 is 1.82 bits per heavy atom. The lowest BCUT2D eigenvalue weighted by Crippen LogP contribution is -2.32. The molecular weight excluding hydrogens is 472 g/mol. The van der Waals surface area contributed by atoms with Gasteiger partial charge >= 0.3 is 6.18 Å². The number of likely N-dealkylation sites (tertiary alicyclic amines) is 1. The SMILES string of the molecule is [2H]C([2H])(C1CCOCC1)N1CC2CC(Nc3cc(C(F)(F)F)c(-c4cc(F)ccc4Cl)nn3)CC2C1. The first-order chi connectivity index (χ1) is 17.0. The van der Waals surface area contributed by atoms with E-state index in [0.717, 1.165) is 18.2 Å². The molecule has 0 spiro atoms. The summed E-state index contributed by atoms with van der Waals surface area (Å²) < 4.78 is 78.1. The zero-order chi connectivity index (χ0) is 25.7. The van der Waals surface area contributed by atoms with Crippen LogP contribution in [0.25, 0.3) is 11.3 Å². The fraction of sp³-hybridized carbons (Fsp3) is 0.583. The zero-order valence-electron chi connectivity index (χ0n) is 20.4. The molecule has 0 amide bonds. The molecule has 1 aromatic heterocycles. The summed E-state index contributed by atoms with van der Waals surface area (Å²) in [7, 11) is 0. The van der Waals surface area contributed by atoms with Crippen molar-refractivity contribution in [1.82, 2.24) is 15.1 Å². The van der Waals surface area contributed by atoms with Crippen molar-refractivity contribution in [3.05, 3.63) is 40.7 Å². The van der Waals surface area contributed by atoms with E-state index in [1.165, 1.54) is 6.07 Å². The number of anilines is 1. The third kappa shape index (κ3) is 5.16. The second-order valence-electron chi connectivity index (χ2n) is 9.37. The molecule has 3 heterocycles. The molecule has 5 nitrogen and oxygen atoms in total. The van der Waals surface area contributed by atoms with Crippen molar-refractivity contribution in [3.8, 4) is 11.3 Å².